The normalized spacial score (nSPS) is 19.1. The molecule has 0 aromatic heterocycles. The molecule has 1 N–H and O–H groups in total. The Hall–Kier alpha value is -0.930. The first-order chi connectivity index (χ1) is 7.20. The maximum atomic E-state index is 11.5. The lowest BCUT2D eigenvalue weighted by atomic mass is 10.2. The van der Waals surface area contributed by atoms with E-state index in [2.05, 4.69) is 5.32 Å². The Bertz CT molecular complexity index is 395. The zero-order valence-electron chi connectivity index (χ0n) is 7.80. The van der Waals surface area contributed by atoms with Crippen LogP contribution in [0.2, 0.25) is 5.02 Å². The Kier molecular flexibility index (Phi) is 3.03. The number of benzene rings is 1. The number of fused-ring (bicyclic) bond motifs is 1. The van der Waals surface area contributed by atoms with Crippen molar-refractivity contribution in [2.45, 2.75) is 12.5 Å². The predicted octanol–water partition coefficient (Wildman–Crippen LogP) is 2.67. The highest BCUT2D eigenvalue weighted by atomic mass is 35.5. The van der Waals surface area contributed by atoms with Crippen molar-refractivity contribution < 1.29 is 9.53 Å². The number of carbonyl (C=O) groups is 1. The fourth-order valence-corrected chi connectivity index (χ4v) is 1.78. The van der Waals surface area contributed by atoms with Crippen LogP contribution >= 0.6 is 23.2 Å². The molecule has 80 valence electrons. The molecule has 1 aliphatic rings. The minimum atomic E-state index is -0.504. The predicted molar refractivity (Wildman–Crippen MR) is 59.8 cm³/mol. The molecule has 15 heavy (non-hydrogen) atoms. The van der Waals surface area contributed by atoms with Crippen LogP contribution in [0.1, 0.15) is 6.42 Å². The third-order valence-corrected chi connectivity index (χ3v) is 2.59. The van der Waals surface area contributed by atoms with Crippen molar-refractivity contribution >= 4 is 34.8 Å². The smallest absolute Gasteiger partial charge is 0.265 e. The first kappa shape index (κ1) is 10.6. The molecule has 0 bridgehead atoms. The number of ether oxygens (including phenoxy) is 1. The summed E-state index contributed by atoms with van der Waals surface area (Å²) in [5, 5.41) is 3.29. The standard InChI is InChI=1S/C10H9Cl2NO2/c11-4-3-9-10(14)13-7-5-6(12)1-2-8(7)15-9/h1-2,5,9H,3-4H2,(H,13,14). The molecule has 0 saturated carbocycles. The van der Waals surface area contributed by atoms with Crippen LogP contribution in [0.25, 0.3) is 0 Å². The lowest BCUT2D eigenvalue weighted by Gasteiger charge is -2.25. The molecule has 0 saturated heterocycles. The summed E-state index contributed by atoms with van der Waals surface area (Å²) in [6.07, 6.45) is -0.00805. The van der Waals surface area contributed by atoms with Crippen molar-refractivity contribution in [3.05, 3.63) is 23.2 Å². The van der Waals surface area contributed by atoms with Crippen LogP contribution in [0.15, 0.2) is 18.2 Å². The van der Waals surface area contributed by atoms with Gasteiger partial charge in [0.1, 0.15) is 5.75 Å². The summed E-state index contributed by atoms with van der Waals surface area (Å²) in [5.41, 5.74) is 0.610. The summed E-state index contributed by atoms with van der Waals surface area (Å²) in [6.45, 7) is 0. The van der Waals surface area contributed by atoms with Crippen molar-refractivity contribution in [3.8, 4) is 5.75 Å². The zero-order chi connectivity index (χ0) is 10.8. The van der Waals surface area contributed by atoms with Gasteiger partial charge >= 0.3 is 0 Å². The van der Waals surface area contributed by atoms with Crippen molar-refractivity contribution in [1.29, 1.82) is 0 Å². The maximum absolute atomic E-state index is 11.5. The van der Waals surface area contributed by atoms with E-state index < -0.39 is 6.10 Å². The van der Waals surface area contributed by atoms with Gasteiger partial charge in [0.25, 0.3) is 5.91 Å². The van der Waals surface area contributed by atoms with E-state index in [9.17, 15) is 4.79 Å². The van der Waals surface area contributed by atoms with E-state index >= 15 is 0 Å². The molecule has 1 amide bonds. The number of anilines is 1. The topological polar surface area (TPSA) is 38.3 Å². The Labute approximate surface area is 97.3 Å². The van der Waals surface area contributed by atoms with E-state index in [0.29, 0.717) is 28.8 Å². The summed E-state index contributed by atoms with van der Waals surface area (Å²) in [4.78, 5) is 11.5. The molecule has 0 radical (unpaired) electrons. The average molecular weight is 246 g/mol. The van der Waals surface area contributed by atoms with Crippen molar-refractivity contribution in [2.75, 3.05) is 11.2 Å². The number of hydrogen-bond acceptors (Lipinski definition) is 2. The van der Waals surface area contributed by atoms with Gasteiger partial charge in [0.15, 0.2) is 6.10 Å². The largest absolute Gasteiger partial charge is 0.478 e. The van der Waals surface area contributed by atoms with Gasteiger partial charge in [-0.1, -0.05) is 11.6 Å². The number of hydrogen-bond donors (Lipinski definition) is 1. The Morgan fingerprint density at radius 2 is 2.27 bits per heavy atom. The van der Waals surface area contributed by atoms with Crippen molar-refractivity contribution in [1.82, 2.24) is 0 Å². The van der Waals surface area contributed by atoms with E-state index in [0.717, 1.165) is 0 Å². The van der Waals surface area contributed by atoms with Crippen LogP contribution in [0, 0.1) is 0 Å². The second-order valence-corrected chi connectivity index (χ2v) is 4.03. The fourth-order valence-electron chi connectivity index (χ4n) is 1.41. The minimum absolute atomic E-state index is 0.176. The van der Waals surface area contributed by atoms with Crippen LogP contribution < -0.4 is 10.1 Å². The fraction of sp³-hybridized carbons (Fsp3) is 0.300. The average Bonchev–Trinajstić information content (AvgIpc) is 2.20. The summed E-state index contributed by atoms with van der Waals surface area (Å²) >= 11 is 11.4. The van der Waals surface area contributed by atoms with E-state index in [1.54, 1.807) is 18.2 Å². The summed E-state index contributed by atoms with van der Waals surface area (Å²) in [5.74, 6) is 0.848. The zero-order valence-corrected chi connectivity index (χ0v) is 9.31. The number of amides is 1. The molecule has 1 unspecified atom stereocenters. The van der Waals surface area contributed by atoms with Gasteiger partial charge in [-0.05, 0) is 18.2 Å². The lowest BCUT2D eigenvalue weighted by molar-refractivity contribution is -0.123. The molecular formula is C10H9Cl2NO2. The Morgan fingerprint density at radius 1 is 1.47 bits per heavy atom. The first-order valence-corrected chi connectivity index (χ1v) is 5.45. The number of carbonyl (C=O) groups excluding carboxylic acids is 1. The third-order valence-electron chi connectivity index (χ3n) is 2.13. The van der Waals surface area contributed by atoms with Gasteiger partial charge in [0, 0.05) is 17.3 Å². The molecule has 5 heteroatoms. The van der Waals surface area contributed by atoms with E-state index in [4.69, 9.17) is 27.9 Å². The lowest BCUT2D eigenvalue weighted by Crippen LogP contribution is -2.37. The molecule has 1 aliphatic heterocycles. The quantitative estimate of drug-likeness (QED) is 0.814. The van der Waals surface area contributed by atoms with Gasteiger partial charge in [0.2, 0.25) is 0 Å². The third kappa shape index (κ3) is 2.19. The van der Waals surface area contributed by atoms with E-state index in [-0.39, 0.29) is 5.91 Å². The van der Waals surface area contributed by atoms with Gasteiger partial charge in [-0.3, -0.25) is 4.79 Å². The monoisotopic (exact) mass is 245 g/mol. The van der Waals surface area contributed by atoms with Crippen LogP contribution in [0.3, 0.4) is 0 Å². The van der Waals surface area contributed by atoms with E-state index in [1.165, 1.54) is 0 Å². The van der Waals surface area contributed by atoms with Gasteiger partial charge in [0.05, 0.1) is 5.69 Å². The van der Waals surface area contributed by atoms with Crippen LogP contribution in [-0.4, -0.2) is 17.9 Å². The molecule has 0 fully saturated rings. The Morgan fingerprint density at radius 3 is 3.00 bits per heavy atom. The van der Waals surface area contributed by atoms with Crippen LogP contribution in [0.4, 0.5) is 5.69 Å². The molecule has 0 aliphatic carbocycles. The van der Waals surface area contributed by atoms with Gasteiger partial charge in [-0.15, -0.1) is 11.6 Å². The highest BCUT2D eigenvalue weighted by molar-refractivity contribution is 6.31. The molecule has 1 aromatic carbocycles. The molecule has 3 nitrogen and oxygen atoms in total. The highest BCUT2D eigenvalue weighted by Gasteiger charge is 2.26. The maximum Gasteiger partial charge on any atom is 0.265 e. The second kappa shape index (κ2) is 4.29. The summed E-state index contributed by atoms with van der Waals surface area (Å²) in [7, 11) is 0. The molecule has 1 aromatic rings. The molecule has 1 heterocycles. The minimum Gasteiger partial charge on any atom is -0.478 e. The summed E-state index contributed by atoms with van der Waals surface area (Å²) < 4.78 is 5.48. The molecule has 0 spiro atoms. The van der Waals surface area contributed by atoms with E-state index in [1.807, 2.05) is 0 Å². The molecular weight excluding hydrogens is 237 g/mol. The van der Waals surface area contributed by atoms with Crippen LogP contribution in [-0.2, 0) is 4.79 Å². The molecule has 1 atom stereocenters. The highest BCUT2D eigenvalue weighted by Crippen LogP contribution is 2.32. The second-order valence-electron chi connectivity index (χ2n) is 3.21. The van der Waals surface area contributed by atoms with Gasteiger partial charge < -0.3 is 10.1 Å². The number of alkyl halides is 1. The SMILES string of the molecule is O=C1Nc2cc(Cl)ccc2OC1CCCl. The number of halogens is 2. The van der Waals surface area contributed by atoms with Gasteiger partial charge in [-0.2, -0.15) is 0 Å². The number of rotatable bonds is 2. The van der Waals surface area contributed by atoms with Gasteiger partial charge in [-0.25, -0.2) is 0 Å². The Balaban J connectivity index is 2.26. The number of nitrogens with one attached hydrogen (secondary N) is 1. The summed E-state index contributed by atoms with van der Waals surface area (Å²) in [6, 6.07) is 5.11. The first-order valence-electron chi connectivity index (χ1n) is 4.54. The van der Waals surface area contributed by atoms with Crippen LogP contribution in [0.5, 0.6) is 5.75 Å². The van der Waals surface area contributed by atoms with Crippen molar-refractivity contribution in [2.24, 2.45) is 0 Å². The van der Waals surface area contributed by atoms with Crippen molar-refractivity contribution in [3.63, 3.8) is 0 Å². The molecule has 2 rings (SSSR count).